The Labute approximate surface area is 343 Å². The average molecular weight is 777 g/mol. The first-order valence-corrected chi connectivity index (χ1v) is 24.7. The number of carbonyl (C=O) groups is 2. The zero-order chi connectivity index (χ0) is 40.0. The third-order valence-electron chi connectivity index (χ3n) is 11.3. The van der Waals surface area contributed by atoms with Crippen molar-refractivity contribution in [2.75, 3.05) is 13.2 Å². The van der Waals surface area contributed by atoms with Crippen LogP contribution in [0.2, 0.25) is 0 Å². The molecule has 0 fully saturated rings. The zero-order valence-electron chi connectivity index (χ0n) is 37.2. The molecule has 326 valence electrons. The van der Waals surface area contributed by atoms with E-state index in [9.17, 15) is 14.7 Å². The number of hydrogen-bond acceptors (Lipinski definition) is 5. The highest BCUT2D eigenvalue weighted by atomic mass is 16.6. The number of aliphatic hydroxyl groups is 1. The molecule has 0 aliphatic rings. The van der Waals surface area contributed by atoms with Gasteiger partial charge in [0.25, 0.3) is 0 Å². The van der Waals surface area contributed by atoms with Crippen LogP contribution in [0, 0.1) is 0 Å². The van der Waals surface area contributed by atoms with Gasteiger partial charge >= 0.3 is 11.9 Å². The van der Waals surface area contributed by atoms with Gasteiger partial charge in [0.2, 0.25) is 0 Å². The van der Waals surface area contributed by atoms with E-state index in [0.29, 0.717) is 12.8 Å². The summed E-state index contributed by atoms with van der Waals surface area (Å²) in [6, 6.07) is 0. The summed E-state index contributed by atoms with van der Waals surface area (Å²) in [4.78, 5) is 24.3. The van der Waals surface area contributed by atoms with Gasteiger partial charge < -0.3 is 14.6 Å². The predicted octanol–water partition coefficient (Wildman–Crippen LogP) is 16.0. The Balaban J connectivity index is 3.40. The quantitative estimate of drug-likeness (QED) is 0.0379. The molecule has 1 atom stereocenters. The molecule has 1 unspecified atom stereocenters. The molecule has 1 N–H and O–H groups in total. The van der Waals surface area contributed by atoms with Crippen LogP contribution in [-0.2, 0) is 19.1 Å². The first kappa shape index (κ1) is 53.6. The SMILES string of the molecule is CCCCCCCCCC/C=C\CCCCCCCCCCCCCCCCCCCC(=O)OC(CO)COC(=O)CCCCCCCCCCCCCC. The van der Waals surface area contributed by atoms with Crippen molar-refractivity contribution in [3.8, 4) is 0 Å². The maximum Gasteiger partial charge on any atom is 0.306 e. The molecule has 0 saturated carbocycles. The molecule has 55 heavy (non-hydrogen) atoms. The van der Waals surface area contributed by atoms with Crippen molar-refractivity contribution >= 4 is 11.9 Å². The van der Waals surface area contributed by atoms with Crippen molar-refractivity contribution in [1.82, 2.24) is 0 Å². The second-order valence-corrected chi connectivity index (χ2v) is 16.9. The van der Waals surface area contributed by atoms with Crippen molar-refractivity contribution in [3.05, 3.63) is 12.2 Å². The molecule has 0 aliphatic carbocycles. The summed E-state index contributed by atoms with van der Waals surface area (Å²) in [7, 11) is 0. The van der Waals surface area contributed by atoms with Crippen LogP contribution in [0.5, 0.6) is 0 Å². The van der Waals surface area contributed by atoms with Crippen molar-refractivity contribution in [2.45, 2.75) is 283 Å². The molecule has 5 heteroatoms. The van der Waals surface area contributed by atoms with Gasteiger partial charge in [-0.25, -0.2) is 0 Å². The van der Waals surface area contributed by atoms with Crippen molar-refractivity contribution in [1.29, 1.82) is 0 Å². The van der Waals surface area contributed by atoms with E-state index in [4.69, 9.17) is 9.47 Å². The van der Waals surface area contributed by atoms with Gasteiger partial charge in [-0.05, 0) is 38.5 Å². The fourth-order valence-corrected chi connectivity index (χ4v) is 7.55. The van der Waals surface area contributed by atoms with E-state index < -0.39 is 6.10 Å². The summed E-state index contributed by atoms with van der Waals surface area (Å²) in [5, 5.41) is 9.59. The Morgan fingerprint density at radius 1 is 0.400 bits per heavy atom. The Bertz CT molecular complexity index is 795. The molecule has 0 radical (unpaired) electrons. The fourth-order valence-electron chi connectivity index (χ4n) is 7.55. The van der Waals surface area contributed by atoms with Crippen LogP contribution in [0.4, 0.5) is 0 Å². The molecule has 0 bridgehead atoms. The minimum absolute atomic E-state index is 0.0583. The van der Waals surface area contributed by atoms with E-state index in [1.54, 1.807) is 0 Å². The van der Waals surface area contributed by atoms with Crippen LogP contribution >= 0.6 is 0 Å². The Hall–Kier alpha value is -1.36. The van der Waals surface area contributed by atoms with Gasteiger partial charge in [0.15, 0.2) is 6.10 Å². The topological polar surface area (TPSA) is 72.8 Å². The van der Waals surface area contributed by atoms with Gasteiger partial charge in [-0.1, -0.05) is 238 Å². The molecule has 0 amide bonds. The fraction of sp³-hybridized carbons (Fsp3) is 0.920. The normalized spacial score (nSPS) is 12.1. The summed E-state index contributed by atoms with van der Waals surface area (Å²) in [6.07, 6.45) is 56.0. The van der Waals surface area contributed by atoms with E-state index in [-0.39, 0.29) is 25.2 Å². The smallest absolute Gasteiger partial charge is 0.306 e. The zero-order valence-corrected chi connectivity index (χ0v) is 37.2. The van der Waals surface area contributed by atoms with Crippen LogP contribution in [0.25, 0.3) is 0 Å². The van der Waals surface area contributed by atoms with E-state index in [1.165, 1.54) is 218 Å². The summed E-state index contributed by atoms with van der Waals surface area (Å²) < 4.78 is 10.6. The molecular formula is C50H96O5. The molecule has 0 aromatic rings. The number of allylic oxidation sites excluding steroid dienone is 2. The van der Waals surface area contributed by atoms with Crippen LogP contribution < -0.4 is 0 Å². The van der Waals surface area contributed by atoms with Crippen molar-refractivity contribution in [3.63, 3.8) is 0 Å². The van der Waals surface area contributed by atoms with Crippen LogP contribution in [-0.4, -0.2) is 36.4 Å². The maximum atomic E-state index is 12.2. The monoisotopic (exact) mass is 777 g/mol. The highest BCUT2D eigenvalue weighted by molar-refractivity contribution is 5.70. The van der Waals surface area contributed by atoms with Gasteiger partial charge in [0, 0.05) is 12.8 Å². The predicted molar refractivity (Wildman–Crippen MR) is 238 cm³/mol. The minimum Gasteiger partial charge on any atom is -0.462 e. The van der Waals surface area contributed by atoms with Crippen LogP contribution in [0.1, 0.15) is 277 Å². The number of hydrogen-bond donors (Lipinski definition) is 1. The maximum absolute atomic E-state index is 12.2. The largest absolute Gasteiger partial charge is 0.462 e. The highest BCUT2D eigenvalue weighted by Crippen LogP contribution is 2.16. The summed E-state index contributed by atoms with van der Waals surface area (Å²) in [5.74, 6) is -0.574. The Morgan fingerprint density at radius 3 is 0.982 bits per heavy atom. The molecule has 0 saturated heterocycles. The van der Waals surface area contributed by atoms with Crippen molar-refractivity contribution in [2.24, 2.45) is 0 Å². The standard InChI is InChI=1S/C50H96O5/c1-3-5-7-9-11-13-15-17-18-19-20-21-22-23-24-25-26-27-28-29-30-31-32-33-35-37-39-41-43-45-50(53)55-48(46-51)47-54-49(52)44-42-40-38-36-34-16-14-12-10-8-6-4-2/h19-20,48,51H,3-18,21-47H2,1-2H3/b20-19-. The lowest BCUT2D eigenvalue weighted by molar-refractivity contribution is -0.161. The highest BCUT2D eigenvalue weighted by Gasteiger charge is 2.16. The molecule has 0 heterocycles. The average Bonchev–Trinajstić information content (AvgIpc) is 3.19. The lowest BCUT2D eigenvalue weighted by Gasteiger charge is -2.15. The second-order valence-electron chi connectivity index (χ2n) is 16.9. The molecule has 0 rings (SSSR count). The van der Waals surface area contributed by atoms with E-state index in [0.717, 1.165) is 32.1 Å². The van der Waals surface area contributed by atoms with Gasteiger partial charge in [0.05, 0.1) is 6.61 Å². The molecule has 5 nitrogen and oxygen atoms in total. The van der Waals surface area contributed by atoms with Gasteiger partial charge in [-0.3, -0.25) is 9.59 Å². The van der Waals surface area contributed by atoms with Gasteiger partial charge in [-0.2, -0.15) is 0 Å². The van der Waals surface area contributed by atoms with E-state index in [1.807, 2.05) is 0 Å². The van der Waals surface area contributed by atoms with E-state index >= 15 is 0 Å². The van der Waals surface area contributed by atoms with Crippen LogP contribution in [0.15, 0.2) is 12.2 Å². The summed E-state index contributed by atoms with van der Waals surface area (Å²) >= 11 is 0. The molecular weight excluding hydrogens is 681 g/mol. The number of ether oxygens (including phenoxy) is 2. The van der Waals surface area contributed by atoms with Gasteiger partial charge in [0.1, 0.15) is 6.61 Å². The first-order valence-electron chi connectivity index (χ1n) is 24.7. The van der Waals surface area contributed by atoms with Crippen LogP contribution in [0.3, 0.4) is 0 Å². The number of esters is 2. The third kappa shape index (κ3) is 45.2. The third-order valence-corrected chi connectivity index (χ3v) is 11.3. The molecule has 0 aromatic heterocycles. The Morgan fingerprint density at radius 2 is 0.673 bits per heavy atom. The minimum atomic E-state index is -0.764. The van der Waals surface area contributed by atoms with E-state index in [2.05, 4.69) is 26.0 Å². The summed E-state index contributed by atoms with van der Waals surface area (Å²) in [6.45, 7) is 4.17. The number of carbonyl (C=O) groups excluding carboxylic acids is 2. The number of aliphatic hydroxyl groups excluding tert-OH is 1. The second kappa shape index (κ2) is 47.0. The number of unbranched alkanes of at least 4 members (excludes halogenated alkanes) is 36. The summed E-state index contributed by atoms with van der Waals surface area (Å²) in [5.41, 5.74) is 0. The lowest BCUT2D eigenvalue weighted by Crippen LogP contribution is -2.28. The van der Waals surface area contributed by atoms with Gasteiger partial charge in [-0.15, -0.1) is 0 Å². The Kier molecular flexibility index (Phi) is 45.9. The van der Waals surface area contributed by atoms with Crippen molar-refractivity contribution < 1.29 is 24.2 Å². The molecule has 0 aliphatic heterocycles. The molecule has 0 aromatic carbocycles. The number of rotatable bonds is 46. The first-order chi connectivity index (χ1) is 27.1. The lowest BCUT2D eigenvalue weighted by atomic mass is 10.0. The molecule has 0 spiro atoms.